The summed E-state index contributed by atoms with van der Waals surface area (Å²) in [6, 6.07) is 1.61. The topological polar surface area (TPSA) is 33.0 Å². The van der Waals surface area contributed by atoms with E-state index in [0.717, 1.165) is 0 Å². The second-order valence-corrected chi connectivity index (χ2v) is 1.75. The number of nitrogens with zero attached hydrogens (tertiary/aromatic N) is 1. The molecule has 0 aliphatic rings. The molecule has 58 valence electrons. The number of allylic oxidation sites excluding steroid dienone is 3. The first-order chi connectivity index (χ1) is 5.11. The summed E-state index contributed by atoms with van der Waals surface area (Å²) in [6.07, 6.45) is 1.18. The van der Waals surface area contributed by atoms with Crippen LogP contribution in [0.5, 0.6) is 0 Å². The van der Waals surface area contributed by atoms with Crippen molar-refractivity contribution in [2.75, 3.05) is 7.11 Å². The fourth-order valence-corrected chi connectivity index (χ4v) is 0.391. The highest BCUT2D eigenvalue weighted by atomic mass is 19.1. The summed E-state index contributed by atoms with van der Waals surface area (Å²) in [5, 5.41) is 8.33. The summed E-state index contributed by atoms with van der Waals surface area (Å²) in [5.74, 6) is -0.564. The fourth-order valence-electron chi connectivity index (χ4n) is 0.391. The van der Waals surface area contributed by atoms with Crippen LogP contribution in [0.2, 0.25) is 0 Å². The van der Waals surface area contributed by atoms with Crippen LogP contribution in [-0.4, -0.2) is 7.11 Å². The van der Waals surface area contributed by atoms with Crippen molar-refractivity contribution in [3.05, 3.63) is 36.4 Å². The smallest absolute Gasteiger partial charge is 0.133 e. The van der Waals surface area contributed by atoms with Crippen LogP contribution in [0.4, 0.5) is 4.39 Å². The molecule has 0 bridgehead atoms. The van der Waals surface area contributed by atoms with Gasteiger partial charge in [0.2, 0.25) is 0 Å². The summed E-state index contributed by atoms with van der Waals surface area (Å²) >= 11 is 0. The molecule has 3 heteroatoms. The van der Waals surface area contributed by atoms with Crippen molar-refractivity contribution in [3.8, 4) is 6.07 Å². The molecular weight excluding hydrogens is 145 g/mol. The van der Waals surface area contributed by atoms with Crippen molar-refractivity contribution < 1.29 is 9.13 Å². The monoisotopic (exact) mass is 153 g/mol. The molecule has 0 unspecified atom stereocenters. The third-order valence-electron chi connectivity index (χ3n) is 0.980. The number of rotatable bonds is 3. The van der Waals surface area contributed by atoms with E-state index in [9.17, 15) is 4.39 Å². The van der Waals surface area contributed by atoms with Gasteiger partial charge in [0.05, 0.1) is 12.7 Å². The van der Waals surface area contributed by atoms with Gasteiger partial charge in [-0.3, -0.25) is 0 Å². The molecule has 0 heterocycles. The number of hydrogen-bond donors (Lipinski definition) is 0. The van der Waals surface area contributed by atoms with Crippen LogP contribution in [0, 0.1) is 11.3 Å². The lowest BCUT2D eigenvalue weighted by Crippen LogP contribution is -1.83. The molecule has 0 amide bonds. The van der Waals surface area contributed by atoms with E-state index in [1.165, 1.54) is 13.2 Å². The SMILES string of the molecule is C=C(/C=C(/C#N)C(=C)F)OC. The molecule has 0 aliphatic heterocycles. The Balaban J connectivity index is 4.52. The van der Waals surface area contributed by atoms with Crippen LogP contribution in [0.15, 0.2) is 36.4 Å². The zero-order chi connectivity index (χ0) is 8.85. The molecule has 0 aromatic rings. The maximum absolute atomic E-state index is 12.3. The molecule has 0 aliphatic carbocycles. The van der Waals surface area contributed by atoms with E-state index in [4.69, 9.17) is 5.26 Å². The Bertz CT molecular complexity index is 247. The number of halogens is 1. The molecule has 11 heavy (non-hydrogen) atoms. The van der Waals surface area contributed by atoms with E-state index in [2.05, 4.69) is 17.9 Å². The molecule has 0 atom stereocenters. The lowest BCUT2D eigenvalue weighted by molar-refractivity contribution is 0.308. The van der Waals surface area contributed by atoms with Crippen molar-refractivity contribution in [1.82, 2.24) is 0 Å². The average Bonchev–Trinajstić information content (AvgIpc) is 1.99. The van der Waals surface area contributed by atoms with Gasteiger partial charge in [0, 0.05) is 6.08 Å². The predicted octanol–water partition coefficient (Wildman–Crippen LogP) is 2.08. The number of methoxy groups -OCH3 is 1. The van der Waals surface area contributed by atoms with Crippen molar-refractivity contribution in [3.63, 3.8) is 0 Å². The minimum Gasteiger partial charge on any atom is -0.497 e. The quantitative estimate of drug-likeness (QED) is 0.353. The van der Waals surface area contributed by atoms with Gasteiger partial charge < -0.3 is 4.74 Å². The standard InChI is InChI=1S/C8H8FNO/c1-6(11-3)4-8(5-10)7(2)9/h4H,1-2H2,3H3/b8-4-. The molecule has 0 fully saturated rings. The highest BCUT2D eigenvalue weighted by Gasteiger charge is 1.99. The minimum absolute atomic E-state index is 0.170. The van der Waals surface area contributed by atoms with Gasteiger partial charge in [-0.05, 0) is 0 Å². The molecule has 2 nitrogen and oxygen atoms in total. The number of hydrogen-bond acceptors (Lipinski definition) is 2. The predicted molar refractivity (Wildman–Crippen MR) is 40.1 cm³/mol. The van der Waals surface area contributed by atoms with Crippen LogP contribution >= 0.6 is 0 Å². The largest absolute Gasteiger partial charge is 0.497 e. The van der Waals surface area contributed by atoms with E-state index < -0.39 is 5.83 Å². The third kappa shape index (κ3) is 3.21. The normalized spacial score (nSPS) is 10.1. The van der Waals surface area contributed by atoms with Gasteiger partial charge in [0.1, 0.15) is 17.7 Å². The highest BCUT2D eigenvalue weighted by Crippen LogP contribution is 2.10. The Morgan fingerprint density at radius 3 is 2.45 bits per heavy atom. The van der Waals surface area contributed by atoms with Crippen LogP contribution in [0.25, 0.3) is 0 Å². The van der Waals surface area contributed by atoms with Gasteiger partial charge >= 0.3 is 0 Å². The second kappa shape index (κ2) is 4.29. The maximum atomic E-state index is 12.3. The molecule has 0 aromatic heterocycles. The van der Waals surface area contributed by atoms with Gasteiger partial charge in [-0.25, -0.2) is 4.39 Å². The van der Waals surface area contributed by atoms with E-state index in [1.807, 2.05) is 0 Å². The molecule has 0 spiro atoms. The highest BCUT2D eigenvalue weighted by molar-refractivity contribution is 5.39. The summed E-state index contributed by atoms with van der Waals surface area (Å²) in [6.45, 7) is 6.35. The lowest BCUT2D eigenvalue weighted by Gasteiger charge is -1.96. The van der Waals surface area contributed by atoms with Gasteiger partial charge in [-0.15, -0.1) is 0 Å². The summed E-state index contributed by atoms with van der Waals surface area (Å²) in [5.41, 5.74) is -0.170. The molecular formula is C8H8FNO. The minimum atomic E-state index is -0.786. The zero-order valence-corrected chi connectivity index (χ0v) is 6.22. The Morgan fingerprint density at radius 2 is 2.18 bits per heavy atom. The number of ether oxygens (including phenoxy) is 1. The molecule has 0 N–H and O–H groups in total. The van der Waals surface area contributed by atoms with Crippen LogP contribution in [0.3, 0.4) is 0 Å². The van der Waals surface area contributed by atoms with Crippen molar-refractivity contribution in [1.29, 1.82) is 5.26 Å². The van der Waals surface area contributed by atoms with Crippen LogP contribution < -0.4 is 0 Å². The molecule has 0 saturated heterocycles. The Morgan fingerprint density at radius 1 is 1.64 bits per heavy atom. The van der Waals surface area contributed by atoms with Gasteiger partial charge in [0.25, 0.3) is 0 Å². The fraction of sp³-hybridized carbons (Fsp3) is 0.125. The summed E-state index contributed by atoms with van der Waals surface area (Å²) < 4.78 is 16.9. The van der Waals surface area contributed by atoms with Crippen LogP contribution in [-0.2, 0) is 4.74 Å². The first-order valence-corrected chi connectivity index (χ1v) is 2.81. The Hall–Kier alpha value is -1.56. The third-order valence-corrected chi connectivity index (χ3v) is 0.980. The summed E-state index contributed by atoms with van der Waals surface area (Å²) in [4.78, 5) is 0. The Kier molecular flexibility index (Phi) is 3.68. The second-order valence-electron chi connectivity index (χ2n) is 1.75. The Labute approximate surface area is 64.9 Å². The van der Waals surface area contributed by atoms with Gasteiger partial charge in [0.15, 0.2) is 0 Å². The van der Waals surface area contributed by atoms with E-state index >= 15 is 0 Å². The van der Waals surface area contributed by atoms with Crippen molar-refractivity contribution in [2.45, 2.75) is 0 Å². The first-order valence-electron chi connectivity index (χ1n) is 2.81. The van der Waals surface area contributed by atoms with Crippen molar-refractivity contribution in [2.24, 2.45) is 0 Å². The van der Waals surface area contributed by atoms with E-state index in [1.54, 1.807) is 6.07 Å². The lowest BCUT2D eigenvalue weighted by atomic mass is 10.2. The van der Waals surface area contributed by atoms with Crippen molar-refractivity contribution >= 4 is 0 Å². The molecule has 0 rings (SSSR count). The summed E-state index contributed by atoms with van der Waals surface area (Å²) in [7, 11) is 1.38. The van der Waals surface area contributed by atoms with Gasteiger partial charge in [-0.1, -0.05) is 13.2 Å². The molecule has 0 radical (unpaired) electrons. The van der Waals surface area contributed by atoms with E-state index in [0.29, 0.717) is 0 Å². The first kappa shape index (κ1) is 9.44. The number of nitriles is 1. The molecule has 0 aromatic carbocycles. The maximum Gasteiger partial charge on any atom is 0.133 e. The van der Waals surface area contributed by atoms with Crippen LogP contribution in [0.1, 0.15) is 0 Å². The average molecular weight is 153 g/mol. The zero-order valence-electron chi connectivity index (χ0n) is 6.22. The van der Waals surface area contributed by atoms with Gasteiger partial charge in [-0.2, -0.15) is 5.26 Å². The van der Waals surface area contributed by atoms with E-state index in [-0.39, 0.29) is 11.3 Å². The molecule has 0 saturated carbocycles.